The molecule has 0 saturated carbocycles. The lowest BCUT2D eigenvalue weighted by Crippen LogP contribution is -2.42. The Kier molecular flexibility index (Phi) is 5.12. The van der Waals surface area contributed by atoms with Gasteiger partial charge in [-0.25, -0.2) is 4.39 Å². The summed E-state index contributed by atoms with van der Waals surface area (Å²) in [7, 11) is 1.42. The van der Waals surface area contributed by atoms with Gasteiger partial charge >= 0.3 is 0 Å². The summed E-state index contributed by atoms with van der Waals surface area (Å²) in [4.78, 5) is 14.5. The van der Waals surface area contributed by atoms with Gasteiger partial charge in [-0.15, -0.1) is 0 Å². The molecule has 0 N–H and O–H groups in total. The second kappa shape index (κ2) is 6.84. The molecule has 0 amide bonds. The van der Waals surface area contributed by atoms with Crippen molar-refractivity contribution in [3.05, 3.63) is 29.6 Å². The Morgan fingerprint density at radius 1 is 1.45 bits per heavy atom. The number of nitrogens with zero attached hydrogens (tertiary/aromatic N) is 1. The van der Waals surface area contributed by atoms with Gasteiger partial charge in [-0.3, -0.25) is 9.69 Å². The molecular weight excluding hydrogens is 257 g/mol. The predicted octanol–water partition coefficient (Wildman–Crippen LogP) is 3.28. The minimum absolute atomic E-state index is 0.0214. The summed E-state index contributed by atoms with van der Waals surface area (Å²) < 4.78 is 18.5. The second-order valence-electron chi connectivity index (χ2n) is 5.30. The van der Waals surface area contributed by atoms with Crippen LogP contribution >= 0.6 is 0 Å². The molecule has 1 unspecified atom stereocenters. The first kappa shape index (κ1) is 15.0. The van der Waals surface area contributed by atoms with E-state index in [-0.39, 0.29) is 11.5 Å². The number of halogens is 1. The van der Waals surface area contributed by atoms with E-state index >= 15 is 0 Å². The molecule has 3 nitrogen and oxygen atoms in total. The zero-order valence-corrected chi connectivity index (χ0v) is 12.2. The van der Waals surface area contributed by atoms with Crippen LogP contribution in [0.25, 0.3) is 0 Å². The maximum Gasteiger partial charge on any atom is 0.176 e. The van der Waals surface area contributed by atoms with Gasteiger partial charge in [0.15, 0.2) is 17.3 Å². The third-order valence-electron chi connectivity index (χ3n) is 4.04. The Balaban J connectivity index is 2.05. The minimum Gasteiger partial charge on any atom is -0.494 e. The molecule has 1 aromatic rings. The zero-order valence-electron chi connectivity index (χ0n) is 12.2. The van der Waals surface area contributed by atoms with Crippen molar-refractivity contribution in [2.75, 3.05) is 20.2 Å². The number of rotatable bonds is 5. The van der Waals surface area contributed by atoms with Crippen LogP contribution in [0.15, 0.2) is 18.2 Å². The van der Waals surface area contributed by atoms with Crippen LogP contribution in [-0.4, -0.2) is 36.9 Å². The number of piperidine rings is 1. The Bertz CT molecular complexity index is 476. The summed E-state index contributed by atoms with van der Waals surface area (Å²) in [6.07, 6.45) is 4.59. The van der Waals surface area contributed by atoms with Crippen LogP contribution < -0.4 is 4.74 Å². The van der Waals surface area contributed by atoms with Crippen LogP contribution in [0.5, 0.6) is 5.75 Å². The van der Waals surface area contributed by atoms with Crippen molar-refractivity contribution >= 4 is 5.78 Å². The molecule has 0 aliphatic carbocycles. The predicted molar refractivity (Wildman–Crippen MR) is 76.8 cm³/mol. The fourth-order valence-corrected chi connectivity index (χ4v) is 2.85. The van der Waals surface area contributed by atoms with Crippen LogP contribution in [0.1, 0.15) is 43.0 Å². The summed E-state index contributed by atoms with van der Waals surface area (Å²) in [6.45, 7) is 3.49. The average Bonchev–Trinajstić information content (AvgIpc) is 2.47. The third kappa shape index (κ3) is 3.37. The molecular formula is C16H22FNO2. The maximum absolute atomic E-state index is 13.6. The number of carbonyl (C=O) groups is 1. The second-order valence-corrected chi connectivity index (χ2v) is 5.30. The van der Waals surface area contributed by atoms with Crippen molar-refractivity contribution < 1.29 is 13.9 Å². The van der Waals surface area contributed by atoms with Crippen LogP contribution in [0.4, 0.5) is 4.39 Å². The number of hydrogen-bond donors (Lipinski definition) is 0. The third-order valence-corrected chi connectivity index (χ3v) is 4.04. The first-order valence-electron chi connectivity index (χ1n) is 7.26. The Hall–Kier alpha value is -1.42. The van der Waals surface area contributed by atoms with Gasteiger partial charge in [-0.05, 0) is 44.0 Å². The summed E-state index contributed by atoms with van der Waals surface area (Å²) in [6, 6.07) is 4.90. The first-order chi connectivity index (χ1) is 9.65. The van der Waals surface area contributed by atoms with Gasteiger partial charge in [-0.2, -0.15) is 0 Å². The molecule has 110 valence electrons. The maximum atomic E-state index is 13.6. The highest BCUT2D eigenvalue weighted by Gasteiger charge is 2.23. The lowest BCUT2D eigenvalue weighted by atomic mass is 9.99. The molecule has 20 heavy (non-hydrogen) atoms. The summed E-state index contributed by atoms with van der Waals surface area (Å²) in [5.74, 6) is -0.332. The van der Waals surface area contributed by atoms with Crippen molar-refractivity contribution in [1.29, 1.82) is 0 Å². The number of benzene rings is 1. The number of likely N-dealkylation sites (tertiary alicyclic amines) is 1. The topological polar surface area (TPSA) is 29.5 Å². The Morgan fingerprint density at radius 3 is 2.90 bits per heavy atom. The van der Waals surface area contributed by atoms with E-state index in [1.807, 2.05) is 0 Å². The smallest absolute Gasteiger partial charge is 0.176 e. The van der Waals surface area contributed by atoms with E-state index in [1.54, 1.807) is 6.07 Å². The molecule has 1 aliphatic rings. The lowest BCUT2D eigenvalue weighted by Gasteiger charge is -2.34. The van der Waals surface area contributed by atoms with Gasteiger partial charge < -0.3 is 4.74 Å². The molecule has 1 aromatic carbocycles. The van der Waals surface area contributed by atoms with Crippen LogP contribution in [0.3, 0.4) is 0 Å². The molecule has 1 heterocycles. The van der Waals surface area contributed by atoms with Crippen LogP contribution in [0.2, 0.25) is 0 Å². The summed E-state index contributed by atoms with van der Waals surface area (Å²) in [5, 5.41) is 0. The molecule has 1 aliphatic heterocycles. The molecule has 1 fully saturated rings. The quantitative estimate of drug-likeness (QED) is 0.775. The number of hydrogen-bond acceptors (Lipinski definition) is 3. The molecule has 1 atom stereocenters. The van der Waals surface area contributed by atoms with E-state index in [0.29, 0.717) is 18.2 Å². The Morgan fingerprint density at radius 2 is 2.25 bits per heavy atom. The zero-order chi connectivity index (χ0) is 14.5. The molecule has 0 radical (unpaired) electrons. The van der Waals surface area contributed by atoms with E-state index in [0.717, 1.165) is 25.8 Å². The molecule has 4 heteroatoms. The molecule has 1 saturated heterocycles. The van der Waals surface area contributed by atoms with Gasteiger partial charge in [0.1, 0.15) is 0 Å². The largest absolute Gasteiger partial charge is 0.494 e. The highest BCUT2D eigenvalue weighted by molar-refractivity contribution is 5.97. The normalized spacial score (nSPS) is 19.9. The summed E-state index contributed by atoms with van der Waals surface area (Å²) in [5.41, 5.74) is 0.420. The van der Waals surface area contributed by atoms with Gasteiger partial charge in [0, 0.05) is 11.6 Å². The minimum atomic E-state index is -0.482. The van der Waals surface area contributed by atoms with E-state index in [4.69, 9.17) is 4.74 Å². The van der Waals surface area contributed by atoms with Crippen LogP contribution in [-0.2, 0) is 0 Å². The first-order valence-corrected chi connectivity index (χ1v) is 7.26. The standard InChI is InChI=1S/C16H22FNO2/c1-3-13-6-4-5-9-18(13)11-15(19)12-7-8-16(20-2)14(17)10-12/h7-8,10,13H,3-6,9,11H2,1-2H3. The van der Waals surface area contributed by atoms with Crippen molar-refractivity contribution in [3.63, 3.8) is 0 Å². The average molecular weight is 279 g/mol. The number of Topliss-reactive ketones (excluding diaryl/α,β-unsaturated/α-hetero) is 1. The number of carbonyl (C=O) groups excluding carboxylic acids is 1. The van der Waals surface area contributed by atoms with Crippen LogP contribution in [0, 0.1) is 5.82 Å². The van der Waals surface area contributed by atoms with Crippen molar-refractivity contribution in [2.45, 2.75) is 38.6 Å². The van der Waals surface area contributed by atoms with E-state index in [2.05, 4.69) is 11.8 Å². The van der Waals surface area contributed by atoms with Crippen molar-refractivity contribution in [3.8, 4) is 5.75 Å². The number of ketones is 1. The van der Waals surface area contributed by atoms with Gasteiger partial charge in [0.05, 0.1) is 13.7 Å². The Labute approximate surface area is 119 Å². The number of ether oxygens (including phenoxy) is 1. The SMILES string of the molecule is CCC1CCCCN1CC(=O)c1ccc(OC)c(F)c1. The molecule has 0 bridgehead atoms. The molecule has 2 rings (SSSR count). The van der Waals surface area contributed by atoms with E-state index in [1.165, 1.54) is 25.7 Å². The highest BCUT2D eigenvalue weighted by atomic mass is 19.1. The van der Waals surface area contributed by atoms with Crippen molar-refractivity contribution in [2.24, 2.45) is 0 Å². The van der Waals surface area contributed by atoms with E-state index in [9.17, 15) is 9.18 Å². The van der Waals surface area contributed by atoms with Gasteiger partial charge in [-0.1, -0.05) is 13.3 Å². The monoisotopic (exact) mass is 279 g/mol. The lowest BCUT2D eigenvalue weighted by molar-refractivity contribution is 0.0838. The fourth-order valence-electron chi connectivity index (χ4n) is 2.85. The summed E-state index contributed by atoms with van der Waals surface area (Å²) >= 11 is 0. The van der Waals surface area contributed by atoms with Gasteiger partial charge in [0.2, 0.25) is 0 Å². The highest BCUT2D eigenvalue weighted by Crippen LogP contribution is 2.21. The molecule has 0 aromatic heterocycles. The fraction of sp³-hybridized carbons (Fsp3) is 0.562. The molecule has 0 spiro atoms. The van der Waals surface area contributed by atoms with Gasteiger partial charge in [0.25, 0.3) is 0 Å². The number of methoxy groups -OCH3 is 1. The van der Waals surface area contributed by atoms with Crippen molar-refractivity contribution in [1.82, 2.24) is 4.90 Å². The van der Waals surface area contributed by atoms with E-state index < -0.39 is 5.82 Å².